The zero-order chi connectivity index (χ0) is 13.4. The van der Waals surface area contributed by atoms with E-state index in [1.807, 2.05) is 31.2 Å². The fourth-order valence-electron chi connectivity index (χ4n) is 2.05. The monoisotopic (exact) mass is 269 g/mol. The number of rotatable bonds is 1. The lowest BCUT2D eigenvalue weighted by Crippen LogP contribution is -2.04. The normalized spacial score (nSPS) is 14.2. The van der Waals surface area contributed by atoms with E-state index in [4.69, 9.17) is 5.73 Å². The van der Waals surface area contributed by atoms with E-state index in [9.17, 15) is 0 Å². The average molecular weight is 269 g/mol. The molecule has 0 aromatic heterocycles. The van der Waals surface area contributed by atoms with Crippen molar-refractivity contribution in [3.05, 3.63) is 47.3 Å². The van der Waals surface area contributed by atoms with Gasteiger partial charge in [-0.2, -0.15) is 0 Å². The van der Waals surface area contributed by atoms with Crippen molar-refractivity contribution in [2.75, 3.05) is 7.05 Å². The Bertz CT molecular complexity index is 774. The molecule has 2 N–H and O–H groups in total. The van der Waals surface area contributed by atoms with Gasteiger partial charge in [0, 0.05) is 13.1 Å². The summed E-state index contributed by atoms with van der Waals surface area (Å²) >= 11 is 1.73. The van der Waals surface area contributed by atoms with Gasteiger partial charge in [0.15, 0.2) is 0 Å². The second kappa shape index (κ2) is 4.72. The van der Waals surface area contributed by atoms with Gasteiger partial charge >= 0.3 is 0 Å². The molecule has 1 aliphatic heterocycles. The smallest absolute Gasteiger partial charge is 0.0811 e. The minimum Gasteiger partial charge on any atom is -0.324 e. The van der Waals surface area contributed by atoms with Gasteiger partial charge in [-0.1, -0.05) is 6.07 Å². The summed E-state index contributed by atoms with van der Waals surface area (Å²) in [6.07, 6.45) is 0. The molecule has 19 heavy (non-hydrogen) atoms. The number of hydrogen-bond acceptors (Lipinski definition) is 4. The predicted octanol–water partition coefficient (Wildman–Crippen LogP) is 2.95. The molecule has 1 unspecified atom stereocenters. The van der Waals surface area contributed by atoms with Gasteiger partial charge in [-0.05, 0) is 42.8 Å². The van der Waals surface area contributed by atoms with Crippen molar-refractivity contribution in [3.8, 4) is 10.6 Å². The Morgan fingerprint density at radius 3 is 2.79 bits per heavy atom. The van der Waals surface area contributed by atoms with Crippen LogP contribution in [0.25, 0.3) is 20.8 Å². The van der Waals surface area contributed by atoms with Gasteiger partial charge in [0.05, 0.1) is 26.1 Å². The highest BCUT2D eigenvalue weighted by atomic mass is 32.1. The Balaban J connectivity index is 2.31. The molecule has 2 aliphatic rings. The summed E-state index contributed by atoms with van der Waals surface area (Å²) in [7, 11) is 1.80. The van der Waals surface area contributed by atoms with Crippen molar-refractivity contribution < 1.29 is 0 Å². The van der Waals surface area contributed by atoms with E-state index in [-0.39, 0.29) is 6.04 Å². The molecule has 0 spiro atoms. The molecule has 1 aromatic carbocycles. The number of fused-ring (bicyclic) bond motifs is 2. The standard InChI is InChI=1S/C15H15N3S/c1-9(16)10-3-5-12-14(7-10)19-15-8-11(17-2)4-6-13(15)18-12/h3-9H,16H2,1-2H3/b17-11-. The van der Waals surface area contributed by atoms with E-state index in [1.54, 1.807) is 18.4 Å². The van der Waals surface area contributed by atoms with E-state index >= 15 is 0 Å². The van der Waals surface area contributed by atoms with Crippen LogP contribution in [-0.4, -0.2) is 12.0 Å². The topological polar surface area (TPSA) is 51.3 Å². The Hall–Kier alpha value is -1.78. The van der Waals surface area contributed by atoms with Crippen LogP contribution in [0.15, 0.2) is 41.4 Å². The lowest BCUT2D eigenvalue weighted by atomic mass is 10.1. The Kier molecular flexibility index (Phi) is 3.05. The van der Waals surface area contributed by atoms with E-state index in [0.29, 0.717) is 0 Å². The zero-order valence-electron chi connectivity index (χ0n) is 10.9. The summed E-state index contributed by atoms with van der Waals surface area (Å²) in [4.78, 5) is 10.0. The molecule has 1 aliphatic carbocycles. The maximum atomic E-state index is 5.93. The van der Waals surface area contributed by atoms with Crippen LogP contribution in [-0.2, 0) is 0 Å². The SMILES string of the molecule is C/N=c1/ccc2nc3ccc(C(C)N)cc3sc-2c1. The number of hydrogen-bond donors (Lipinski definition) is 1. The van der Waals surface area contributed by atoms with Crippen LogP contribution < -0.4 is 11.1 Å². The Morgan fingerprint density at radius 2 is 2.05 bits per heavy atom. The largest absolute Gasteiger partial charge is 0.324 e. The van der Waals surface area contributed by atoms with Crippen molar-refractivity contribution in [3.63, 3.8) is 0 Å². The van der Waals surface area contributed by atoms with Crippen molar-refractivity contribution >= 4 is 21.6 Å². The third kappa shape index (κ3) is 2.25. The molecule has 0 saturated heterocycles. The maximum absolute atomic E-state index is 5.93. The molecule has 96 valence electrons. The first-order valence-corrected chi connectivity index (χ1v) is 7.02. The third-order valence-electron chi connectivity index (χ3n) is 3.17. The molecule has 4 heteroatoms. The van der Waals surface area contributed by atoms with Crippen LogP contribution in [0.2, 0.25) is 0 Å². The molecule has 3 rings (SSSR count). The van der Waals surface area contributed by atoms with E-state index in [1.165, 1.54) is 0 Å². The van der Waals surface area contributed by atoms with E-state index in [0.717, 1.165) is 31.7 Å². The number of benzene rings is 2. The first-order chi connectivity index (χ1) is 9.17. The van der Waals surface area contributed by atoms with Crippen LogP contribution in [0.4, 0.5) is 0 Å². The lowest BCUT2D eigenvalue weighted by molar-refractivity contribution is 0.820. The summed E-state index contributed by atoms with van der Waals surface area (Å²) in [5.74, 6) is 0. The van der Waals surface area contributed by atoms with Gasteiger partial charge in [-0.3, -0.25) is 4.99 Å². The molecule has 0 amide bonds. The fourth-order valence-corrected chi connectivity index (χ4v) is 3.10. The number of aromatic nitrogens is 1. The summed E-state index contributed by atoms with van der Waals surface area (Å²) in [6.45, 7) is 1.99. The van der Waals surface area contributed by atoms with E-state index in [2.05, 4.69) is 22.1 Å². The zero-order valence-corrected chi connectivity index (χ0v) is 11.7. The van der Waals surface area contributed by atoms with Crippen LogP contribution in [0.3, 0.4) is 0 Å². The molecule has 0 radical (unpaired) electrons. The molecular formula is C15H15N3S. The summed E-state index contributed by atoms with van der Waals surface area (Å²) in [5.41, 5.74) is 9.10. The van der Waals surface area contributed by atoms with Gasteiger partial charge in [0.1, 0.15) is 0 Å². The van der Waals surface area contributed by atoms with E-state index < -0.39 is 0 Å². The van der Waals surface area contributed by atoms with Crippen molar-refractivity contribution in [2.45, 2.75) is 13.0 Å². The quantitative estimate of drug-likeness (QED) is 0.690. The maximum Gasteiger partial charge on any atom is 0.0811 e. The highest BCUT2D eigenvalue weighted by Crippen LogP contribution is 2.30. The van der Waals surface area contributed by atoms with Gasteiger partial charge in [-0.15, -0.1) is 11.3 Å². The molecule has 1 aromatic rings. The Labute approximate surface area is 115 Å². The highest BCUT2D eigenvalue weighted by molar-refractivity contribution is 7.21. The van der Waals surface area contributed by atoms with Crippen LogP contribution in [0, 0.1) is 0 Å². The third-order valence-corrected chi connectivity index (χ3v) is 4.27. The summed E-state index contributed by atoms with van der Waals surface area (Å²) < 4.78 is 1.16. The summed E-state index contributed by atoms with van der Waals surface area (Å²) in [6, 6.07) is 12.4. The highest BCUT2D eigenvalue weighted by Gasteiger charge is 2.08. The second-order valence-electron chi connectivity index (χ2n) is 4.61. The molecular weight excluding hydrogens is 254 g/mol. The van der Waals surface area contributed by atoms with Gasteiger partial charge in [0.25, 0.3) is 0 Å². The molecule has 0 saturated carbocycles. The summed E-state index contributed by atoms with van der Waals surface area (Å²) in [5, 5.41) is 0.980. The number of nitrogens with zero attached hydrogens (tertiary/aromatic N) is 2. The molecule has 1 heterocycles. The lowest BCUT2D eigenvalue weighted by Gasteiger charge is -2.09. The molecule has 1 atom stereocenters. The van der Waals surface area contributed by atoms with Gasteiger partial charge in [0.2, 0.25) is 0 Å². The molecule has 3 nitrogen and oxygen atoms in total. The van der Waals surface area contributed by atoms with Crippen molar-refractivity contribution in [2.24, 2.45) is 10.7 Å². The average Bonchev–Trinajstić information content (AvgIpc) is 2.43. The molecule has 0 fully saturated rings. The second-order valence-corrected chi connectivity index (χ2v) is 5.69. The van der Waals surface area contributed by atoms with Crippen molar-refractivity contribution in [1.29, 1.82) is 0 Å². The van der Waals surface area contributed by atoms with Crippen molar-refractivity contribution in [1.82, 2.24) is 4.98 Å². The first kappa shape index (κ1) is 12.3. The van der Waals surface area contributed by atoms with Gasteiger partial charge in [-0.25, -0.2) is 4.98 Å². The van der Waals surface area contributed by atoms with Crippen LogP contribution >= 0.6 is 11.3 Å². The Morgan fingerprint density at radius 1 is 1.21 bits per heavy atom. The first-order valence-electron chi connectivity index (χ1n) is 6.20. The van der Waals surface area contributed by atoms with Crippen LogP contribution in [0.5, 0.6) is 0 Å². The minimum absolute atomic E-state index is 0.0456. The minimum atomic E-state index is 0.0456. The van der Waals surface area contributed by atoms with Crippen LogP contribution in [0.1, 0.15) is 18.5 Å². The van der Waals surface area contributed by atoms with Gasteiger partial charge < -0.3 is 5.73 Å². The fraction of sp³-hybridized carbons (Fsp3) is 0.200. The molecule has 0 bridgehead atoms. The number of nitrogens with two attached hydrogens (primary N) is 1. The predicted molar refractivity (Wildman–Crippen MR) is 80.3 cm³/mol.